The molecule has 0 unspecified atom stereocenters. The Balaban J connectivity index is 0.000000110. The third-order valence-electron chi connectivity index (χ3n) is 27.8. The molecule has 0 saturated heterocycles. The maximum atomic E-state index is 5.94. The SMILES string of the molecule is C#Cc1cc2c3cc4cc(C(C)C)ccc4cc3n3c4cc5ccc(C(C)C)cc5cc4c(c1)c23.CC(C)c1ccc2cc3c(cc2c1)c1cc(C2CCCCC2)cc2c4cc5cc(C(C)C)ccc5cc4n3c12.CC(C)c1ccc2cc3c(cc2c1)c1cc(C=C(c2ccccc2)c2ccccc2)cc2c4cc5cc(C(C)C)ccc5cc4n3c12. The van der Waals surface area contributed by atoms with E-state index in [0.29, 0.717) is 41.4 Å². The van der Waals surface area contributed by atoms with Gasteiger partial charge in [0.15, 0.2) is 0 Å². The molecule has 1 fully saturated rings. The zero-order valence-electron chi connectivity index (χ0n) is 71.6. The summed E-state index contributed by atoms with van der Waals surface area (Å²) in [5.41, 5.74) is 27.4. The molecule has 3 nitrogen and oxygen atoms in total. The first-order valence-electron chi connectivity index (χ1n) is 44.5. The molecule has 1 aliphatic carbocycles. The molecule has 1 aliphatic rings. The molecule has 6 aromatic heterocycles. The highest BCUT2D eigenvalue weighted by molar-refractivity contribution is 6.30. The number of rotatable bonds is 10. The van der Waals surface area contributed by atoms with E-state index in [-0.39, 0.29) is 0 Å². The first-order chi connectivity index (χ1) is 58.8. The van der Waals surface area contributed by atoms with Crippen molar-refractivity contribution < 1.29 is 0 Å². The molecule has 588 valence electrons. The third kappa shape index (κ3) is 12.2. The number of fused-ring (bicyclic) bond motifs is 24. The monoisotopic (exact) mass is 1560 g/mol. The van der Waals surface area contributed by atoms with E-state index in [4.69, 9.17) is 6.42 Å². The Bertz CT molecular complexity index is 7790. The highest BCUT2D eigenvalue weighted by atomic mass is 14.9. The summed E-state index contributed by atoms with van der Waals surface area (Å²) in [5, 5.41) is 31.6. The van der Waals surface area contributed by atoms with Gasteiger partial charge in [0.05, 0.1) is 49.7 Å². The number of terminal acetylenes is 1. The Morgan fingerprint density at radius 3 is 0.785 bits per heavy atom. The van der Waals surface area contributed by atoms with Crippen molar-refractivity contribution in [2.45, 2.75) is 157 Å². The first-order valence-corrected chi connectivity index (χ1v) is 44.5. The Hall–Kier alpha value is -13.0. The van der Waals surface area contributed by atoms with Crippen molar-refractivity contribution in [3.05, 3.63) is 340 Å². The van der Waals surface area contributed by atoms with E-state index in [1.165, 1.54) is 267 Å². The van der Waals surface area contributed by atoms with Crippen LogP contribution in [0, 0.1) is 12.3 Å². The van der Waals surface area contributed by atoms with Crippen molar-refractivity contribution in [2.75, 3.05) is 0 Å². The van der Waals surface area contributed by atoms with Crippen LogP contribution in [-0.4, -0.2) is 13.2 Å². The zero-order valence-corrected chi connectivity index (χ0v) is 71.6. The van der Waals surface area contributed by atoms with Crippen LogP contribution < -0.4 is 0 Å². The van der Waals surface area contributed by atoms with Crippen LogP contribution in [0.1, 0.15) is 218 Å². The molecule has 121 heavy (non-hydrogen) atoms. The van der Waals surface area contributed by atoms with Crippen LogP contribution in [0.25, 0.3) is 191 Å². The largest absolute Gasteiger partial charge is 0.308 e. The Morgan fingerprint density at radius 1 is 0.273 bits per heavy atom. The predicted molar refractivity (Wildman–Crippen MR) is 526 cm³/mol. The zero-order chi connectivity index (χ0) is 82.2. The normalized spacial score (nSPS) is 13.4. The van der Waals surface area contributed by atoms with E-state index in [1.807, 2.05) is 0 Å². The molecule has 0 atom stereocenters. The summed E-state index contributed by atoms with van der Waals surface area (Å²) in [5.74, 6) is 6.66. The number of hydrogen-bond donors (Lipinski definition) is 0. The van der Waals surface area contributed by atoms with Crippen LogP contribution in [0.15, 0.2) is 279 Å². The van der Waals surface area contributed by atoms with E-state index >= 15 is 0 Å². The molecule has 1 saturated carbocycles. The van der Waals surface area contributed by atoms with Crippen molar-refractivity contribution in [1.82, 2.24) is 13.2 Å². The van der Waals surface area contributed by atoms with E-state index < -0.39 is 0 Å². The molecule has 0 bridgehead atoms. The minimum atomic E-state index is 0.490. The first kappa shape index (κ1) is 74.3. The van der Waals surface area contributed by atoms with E-state index in [9.17, 15) is 0 Å². The second kappa shape index (κ2) is 28.6. The van der Waals surface area contributed by atoms with Crippen LogP contribution in [-0.2, 0) is 0 Å². The van der Waals surface area contributed by atoms with Crippen LogP contribution in [0.3, 0.4) is 0 Å². The molecule has 17 aromatic carbocycles. The summed E-state index contributed by atoms with van der Waals surface area (Å²) in [4.78, 5) is 0. The fraction of sp³-hybridized carbons (Fsp3) is 0.203. The number of nitrogens with zero attached hydrogens (tertiary/aromatic N) is 3. The van der Waals surface area contributed by atoms with Crippen molar-refractivity contribution in [3.8, 4) is 12.3 Å². The predicted octanol–water partition coefficient (Wildman–Crippen LogP) is 33.8. The van der Waals surface area contributed by atoms with Gasteiger partial charge in [-0.2, -0.15) is 0 Å². The topological polar surface area (TPSA) is 13.2 Å². The van der Waals surface area contributed by atoms with Crippen LogP contribution in [0.2, 0.25) is 0 Å². The van der Waals surface area contributed by atoms with Crippen molar-refractivity contribution in [2.24, 2.45) is 0 Å². The standard InChI is InChI=1S/C46H37N.C38H37N.C34H27N/c1-28(2)33-15-17-35-26-44-40(24-37(35)22-33)42-20-30(19-39(31-11-7-5-8-12-31)32-13-9-6-10-14-32)21-43-41-25-38-23-34(29(3)4)16-18-36(38)27-45(41)47(44)46(42)43;1-22(2)25-10-12-27-20-36-32(16-29(27)14-25)34-18-31(24-8-6-5-7-9-24)19-35-33-17-30-15-26(23(3)4)11-13-28(30)21-37(33)39(36)38(34)35;1-6-21-11-30-28-15-26-13-22(19(2)3)7-9-24(26)17-32(28)35-33-18-25-10-8-23(20(4)5)14-27(25)16-29(33)31(12-21)34(30)35/h5-29H,1-4H3;10-24H,5-9H2,1-4H3;1,7-20H,2-5H3. The third-order valence-corrected chi connectivity index (χ3v) is 27.8. The molecule has 0 N–H and O–H groups in total. The summed E-state index contributed by atoms with van der Waals surface area (Å²) in [6.07, 6.45) is 15.1. The van der Waals surface area contributed by atoms with Gasteiger partial charge in [-0.25, -0.2) is 0 Å². The smallest absolute Gasteiger partial charge is 0.0621 e. The fourth-order valence-corrected chi connectivity index (χ4v) is 21.0. The van der Waals surface area contributed by atoms with Crippen LogP contribution >= 0.6 is 0 Å². The van der Waals surface area contributed by atoms with Gasteiger partial charge in [-0.3, -0.25) is 0 Å². The Labute approximate surface area is 708 Å². The maximum Gasteiger partial charge on any atom is 0.0621 e. The minimum Gasteiger partial charge on any atom is -0.308 e. The molecule has 23 aromatic rings. The molecule has 24 rings (SSSR count). The van der Waals surface area contributed by atoms with Gasteiger partial charge >= 0.3 is 0 Å². The van der Waals surface area contributed by atoms with E-state index in [1.54, 1.807) is 5.56 Å². The molecular weight excluding hydrogens is 1460 g/mol. The molecule has 0 aliphatic heterocycles. The van der Waals surface area contributed by atoms with Gasteiger partial charge in [0, 0.05) is 70.2 Å². The fourth-order valence-electron chi connectivity index (χ4n) is 21.0. The summed E-state index contributed by atoms with van der Waals surface area (Å²) < 4.78 is 7.57. The van der Waals surface area contributed by atoms with Gasteiger partial charge in [-0.05, 0) is 295 Å². The molecule has 0 amide bonds. The lowest BCUT2D eigenvalue weighted by molar-refractivity contribution is 0.444. The quantitative estimate of drug-likeness (QED) is 0.0956. The molecule has 3 heteroatoms. The minimum absolute atomic E-state index is 0.490. The highest BCUT2D eigenvalue weighted by Crippen LogP contribution is 2.49. The van der Waals surface area contributed by atoms with Crippen LogP contribution in [0.5, 0.6) is 0 Å². The van der Waals surface area contributed by atoms with Gasteiger partial charge in [0.2, 0.25) is 0 Å². The van der Waals surface area contributed by atoms with Gasteiger partial charge in [-0.15, -0.1) is 6.42 Å². The van der Waals surface area contributed by atoms with Crippen molar-refractivity contribution in [1.29, 1.82) is 0 Å². The number of aromatic nitrogens is 3. The molecular formula is C118H101N3. The van der Waals surface area contributed by atoms with Crippen LogP contribution in [0.4, 0.5) is 0 Å². The summed E-state index contributed by atoms with van der Waals surface area (Å²) in [7, 11) is 0. The second-order valence-electron chi connectivity index (χ2n) is 37.4. The lowest BCUT2D eigenvalue weighted by Gasteiger charge is -2.22. The highest BCUT2D eigenvalue weighted by Gasteiger charge is 2.27. The number of hydrogen-bond acceptors (Lipinski definition) is 0. The van der Waals surface area contributed by atoms with E-state index in [0.717, 1.165) is 5.56 Å². The van der Waals surface area contributed by atoms with Gasteiger partial charge in [0.1, 0.15) is 0 Å². The van der Waals surface area contributed by atoms with Crippen molar-refractivity contribution in [3.63, 3.8) is 0 Å². The van der Waals surface area contributed by atoms with Gasteiger partial charge in [0.25, 0.3) is 0 Å². The molecule has 0 radical (unpaired) electrons. The maximum absolute atomic E-state index is 5.94. The van der Waals surface area contributed by atoms with Gasteiger partial charge in [-0.1, -0.05) is 278 Å². The van der Waals surface area contributed by atoms with Crippen molar-refractivity contribution >= 4 is 191 Å². The van der Waals surface area contributed by atoms with Gasteiger partial charge < -0.3 is 13.2 Å². The number of benzene rings is 17. The molecule has 0 spiro atoms. The average Bonchev–Trinajstić information content (AvgIpc) is 1.55. The summed E-state index contributed by atoms with van der Waals surface area (Å²) in [6, 6.07) is 107. The van der Waals surface area contributed by atoms with E-state index in [2.05, 4.69) is 387 Å². The molecule has 6 heterocycles. The average molecular weight is 1560 g/mol. The Kier molecular flexibility index (Phi) is 17.6. The lowest BCUT2D eigenvalue weighted by Crippen LogP contribution is -2.04. The summed E-state index contributed by atoms with van der Waals surface area (Å²) in [6.45, 7) is 27.3. The lowest BCUT2D eigenvalue weighted by atomic mass is 9.83. The Morgan fingerprint density at radius 2 is 0.529 bits per heavy atom. The summed E-state index contributed by atoms with van der Waals surface area (Å²) >= 11 is 0. The second-order valence-corrected chi connectivity index (χ2v) is 37.4.